The van der Waals surface area contributed by atoms with E-state index in [9.17, 15) is 0 Å². The van der Waals surface area contributed by atoms with Gasteiger partial charge in [-0.1, -0.05) is 51.4 Å². The first kappa shape index (κ1) is 11.6. The Balaban J connectivity index is 2.00. The molecule has 1 rings (SSSR count). The molecule has 1 saturated carbocycles. The summed E-state index contributed by atoms with van der Waals surface area (Å²) in [5, 5.41) is 0. The van der Waals surface area contributed by atoms with Gasteiger partial charge in [0.25, 0.3) is 0 Å². The molecular weight excluding hydrogens is 168 g/mol. The van der Waals surface area contributed by atoms with Crippen LogP contribution in [0.1, 0.15) is 71.1 Å². The van der Waals surface area contributed by atoms with Crippen molar-refractivity contribution in [3.8, 4) is 11.8 Å². The predicted octanol–water partition coefficient (Wildman–Crippen LogP) is 4.54. The molecule has 0 bridgehead atoms. The van der Waals surface area contributed by atoms with E-state index in [4.69, 9.17) is 0 Å². The SMILES string of the molecule is CCCCCCC#CC1CCCCC1. The minimum atomic E-state index is 0.745. The molecule has 0 N–H and O–H groups in total. The molecular formula is C14H24. The molecule has 0 aliphatic heterocycles. The van der Waals surface area contributed by atoms with Crippen molar-refractivity contribution in [2.45, 2.75) is 71.1 Å². The van der Waals surface area contributed by atoms with Gasteiger partial charge in [-0.05, 0) is 19.3 Å². The third kappa shape index (κ3) is 5.32. The molecule has 0 spiro atoms. The largest absolute Gasteiger partial charge is 0.103 e. The Morgan fingerprint density at radius 2 is 1.79 bits per heavy atom. The zero-order valence-electron chi connectivity index (χ0n) is 9.65. The van der Waals surface area contributed by atoms with Crippen LogP contribution in [0.25, 0.3) is 0 Å². The average Bonchev–Trinajstić information content (AvgIpc) is 2.25. The molecule has 0 radical (unpaired) electrons. The first-order valence-electron chi connectivity index (χ1n) is 6.42. The van der Waals surface area contributed by atoms with Crippen LogP contribution in [0.5, 0.6) is 0 Å². The van der Waals surface area contributed by atoms with Gasteiger partial charge < -0.3 is 0 Å². The van der Waals surface area contributed by atoms with Gasteiger partial charge in [0.2, 0.25) is 0 Å². The number of unbranched alkanes of at least 4 members (excludes halogenated alkanes) is 4. The highest BCUT2D eigenvalue weighted by Crippen LogP contribution is 2.22. The Labute approximate surface area is 89.5 Å². The molecule has 0 aromatic carbocycles. The summed E-state index contributed by atoms with van der Waals surface area (Å²) in [5.41, 5.74) is 0. The molecule has 0 nitrogen and oxygen atoms in total. The lowest BCUT2D eigenvalue weighted by Gasteiger charge is -2.15. The first-order valence-corrected chi connectivity index (χ1v) is 6.42. The second-order valence-electron chi connectivity index (χ2n) is 4.47. The predicted molar refractivity (Wildman–Crippen MR) is 63.1 cm³/mol. The second-order valence-corrected chi connectivity index (χ2v) is 4.47. The fourth-order valence-electron chi connectivity index (χ4n) is 2.10. The van der Waals surface area contributed by atoms with Gasteiger partial charge in [-0.3, -0.25) is 0 Å². The standard InChI is InChI=1S/C14H24/c1-2-3-4-5-6-8-11-14-12-9-7-10-13-14/h14H,2-7,9-10,12-13H2,1H3. The van der Waals surface area contributed by atoms with E-state index in [1.807, 2.05) is 0 Å². The summed E-state index contributed by atoms with van der Waals surface area (Å²) in [4.78, 5) is 0. The highest BCUT2D eigenvalue weighted by atomic mass is 14.1. The van der Waals surface area contributed by atoms with Gasteiger partial charge in [0.15, 0.2) is 0 Å². The van der Waals surface area contributed by atoms with Crippen molar-refractivity contribution in [3.05, 3.63) is 0 Å². The zero-order valence-corrected chi connectivity index (χ0v) is 9.65. The van der Waals surface area contributed by atoms with Crippen LogP contribution in [0.2, 0.25) is 0 Å². The van der Waals surface area contributed by atoms with E-state index in [1.165, 1.54) is 57.8 Å². The lowest BCUT2D eigenvalue weighted by atomic mass is 9.90. The van der Waals surface area contributed by atoms with Gasteiger partial charge in [0, 0.05) is 12.3 Å². The number of rotatable bonds is 4. The molecule has 0 unspecified atom stereocenters. The summed E-state index contributed by atoms with van der Waals surface area (Å²) in [5.74, 6) is 7.56. The van der Waals surface area contributed by atoms with E-state index in [0.29, 0.717) is 0 Å². The van der Waals surface area contributed by atoms with Crippen molar-refractivity contribution in [1.82, 2.24) is 0 Å². The maximum absolute atomic E-state index is 3.45. The molecule has 14 heavy (non-hydrogen) atoms. The summed E-state index contributed by atoms with van der Waals surface area (Å²) in [6, 6.07) is 0. The summed E-state index contributed by atoms with van der Waals surface area (Å²) >= 11 is 0. The van der Waals surface area contributed by atoms with Crippen LogP contribution in [0.4, 0.5) is 0 Å². The molecule has 1 fully saturated rings. The molecule has 0 amide bonds. The lowest BCUT2D eigenvalue weighted by Crippen LogP contribution is -2.02. The molecule has 0 saturated heterocycles. The lowest BCUT2D eigenvalue weighted by molar-refractivity contribution is 0.430. The van der Waals surface area contributed by atoms with Crippen molar-refractivity contribution in [3.63, 3.8) is 0 Å². The topological polar surface area (TPSA) is 0 Å². The van der Waals surface area contributed by atoms with Gasteiger partial charge in [-0.15, -0.1) is 5.92 Å². The Morgan fingerprint density at radius 3 is 2.50 bits per heavy atom. The summed E-state index contributed by atoms with van der Waals surface area (Å²) in [6.45, 7) is 2.26. The van der Waals surface area contributed by atoms with Crippen molar-refractivity contribution in [1.29, 1.82) is 0 Å². The van der Waals surface area contributed by atoms with Crippen molar-refractivity contribution < 1.29 is 0 Å². The molecule has 80 valence electrons. The average molecular weight is 192 g/mol. The van der Waals surface area contributed by atoms with E-state index in [-0.39, 0.29) is 0 Å². The van der Waals surface area contributed by atoms with Crippen molar-refractivity contribution in [2.75, 3.05) is 0 Å². The minimum Gasteiger partial charge on any atom is -0.103 e. The van der Waals surface area contributed by atoms with E-state index < -0.39 is 0 Å². The summed E-state index contributed by atoms with van der Waals surface area (Å²) < 4.78 is 0. The molecule has 1 aliphatic carbocycles. The highest BCUT2D eigenvalue weighted by molar-refractivity contribution is 5.04. The van der Waals surface area contributed by atoms with Crippen LogP contribution in [-0.4, -0.2) is 0 Å². The van der Waals surface area contributed by atoms with Crippen LogP contribution in [0, 0.1) is 17.8 Å². The van der Waals surface area contributed by atoms with Crippen molar-refractivity contribution in [2.24, 2.45) is 5.92 Å². The van der Waals surface area contributed by atoms with Crippen LogP contribution in [0.3, 0.4) is 0 Å². The quantitative estimate of drug-likeness (QED) is 0.453. The fraction of sp³-hybridized carbons (Fsp3) is 0.857. The van der Waals surface area contributed by atoms with Crippen LogP contribution < -0.4 is 0 Å². The van der Waals surface area contributed by atoms with E-state index in [0.717, 1.165) is 12.3 Å². The normalized spacial score (nSPS) is 17.5. The summed E-state index contributed by atoms with van der Waals surface area (Å²) in [6.07, 6.45) is 13.5. The van der Waals surface area contributed by atoms with Crippen LogP contribution >= 0.6 is 0 Å². The maximum atomic E-state index is 3.45. The minimum absolute atomic E-state index is 0.745. The van der Waals surface area contributed by atoms with E-state index in [1.54, 1.807) is 0 Å². The Morgan fingerprint density at radius 1 is 1.00 bits per heavy atom. The maximum Gasteiger partial charge on any atom is 0.0202 e. The number of hydrogen-bond acceptors (Lipinski definition) is 0. The molecule has 0 aromatic heterocycles. The van der Waals surface area contributed by atoms with Gasteiger partial charge in [0.05, 0.1) is 0 Å². The van der Waals surface area contributed by atoms with Gasteiger partial charge >= 0.3 is 0 Å². The smallest absolute Gasteiger partial charge is 0.0202 e. The monoisotopic (exact) mass is 192 g/mol. The van der Waals surface area contributed by atoms with Crippen LogP contribution in [-0.2, 0) is 0 Å². The number of hydrogen-bond donors (Lipinski definition) is 0. The Kier molecular flexibility index (Phi) is 6.58. The second kappa shape index (κ2) is 7.92. The van der Waals surface area contributed by atoms with Gasteiger partial charge in [-0.25, -0.2) is 0 Å². The molecule has 0 atom stereocenters. The molecule has 1 aliphatic rings. The third-order valence-electron chi connectivity index (χ3n) is 3.07. The Hall–Kier alpha value is -0.440. The molecule has 0 heterocycles. The molecule has 0 aromatic rings. The van der Waals surface area contributed by atoms with Crippen molar-refractivity contribution >= 4 is 0 Å². The van der Waals surface area contributed by atoms with Crippen LogP contribution in [0.15, 0.2) is 0 Å². The van der Waals surface area contributed by atoms with Gasteiger partial charge in [-0.2, -0.15) is 0 Å². The van der Waals surface area contributed by atoms with Gasteiger partial charge in [0.1, 0.15) is 0 Å². The third-order valence-corrected chi connectivity index (χ3v) is 3.07. The zero-order chi connectivity index (χ0) is 10.1. The van der Waals surface area contributed by atoms with E-state index >= 15 is 0 Å². The highest BCUT2D eigenvalue weighted by Gasteiger charge is 2.09. The molecule has 0 heteroatoms. The first-order chi connectivity index (χ1) is 6.93. The summed E-state index contributed by atoms with van der Waals surface area (Å²) in [7, 11) is 0. The van der Waals surface area contributed by atoms with E-state index in [2.05, 4.69) is 18.8 Å². The Bertz CT molecular complexity index is 176. The fourth-order valence-corrected chi connectivity index (χ4v) is 2.10.